The van der Waals surface area contributed by atoms with Crippen LogP contribution in [0.25, 0.3) is 0 Å². The van der Waals surface area contributed by atoms with E-state index in [2.05, 4.69) is 0 Å². The lowest BCUT2D eigenvalue weighted by atomic mass is 10.00. The van der Waals surface area contributed by atoms with Gasteiger partial charge in [0.1, 0.15) is 6.54 Å². The highest BCUT2D eigenvalue weighted by Gasteiger charge is 2.36. The third kappa shape index (κ3) is 3.93. The zero-order valence-corrected chi connectivity index (χ0v) is 16.6. The normalized spacial score (nSPS) is 17.4. The van der Waals surface area contributed by atoms with Crippen molar-refractivity contribution >= 4 is 34.9 Å². The molecule has 1 amide bonds. The summed E-state index contributed by atoms with van der Waals surface area (Å²) in [7, 11) is 2.81. The molecular formula is C21H21ClN2O4. The van der Waals surface area contributed by atoms with Crippen molar-refractivity contribution in [1.29, 1.82) is 0 Å². The van der Waals surface area contributed by atoms with Crippen LogP contribution in [0.1, 0.15) is 18.1 Å². The predicted octanol–water partition coefficient (Wildman–Crippen LogP) is 3.10. The van der Waals surface area contributed by atoms with E-state index in [9.17, 15) is 9.59 Å². The molecule has 146 valence electrons. The maximum absolute atomic E-state index is 13.3. The first kappa shape index (κ1) is 20.0. The van der Waals surface area contributed by atoms with Gasteiger partial charge < -0.3 is 9.47 Å². The molecule has 28 heavy (non-hydrogen) atoms. The highest BCUT2D eigenvalue weighted by atomic mass is 35.5. The van der Waals surface area contributed by atoms with Gasteiger partial charge in [-0.2, -0.15) is 0 Å². The highest BCUT2D eigenvalue weighted by Crippen LogP contribution is 2.32. The number of rotatable bonds is 5. The number of hydrogen-bond acceptors (Lipinski definition) is 5. The van der Waals surface area contributed by atoms with Crippen LogP contribution in [0.2, 0.25) is 5.02 Å². The Kier molecular flexibility index (Phi) is 6.11. The first-order chi connectivity index (χ1) is 13.5. The van der Waals surface area contributed by atoms with Crippen molar-refractivity contribution in [3.63, 3.8) is 0 Å². The number of benzodiazepines with no additional fused rings is 1. The van der Waals surface area contributed by atoms with Crippen molar-refractivity contribution in [2.24, 2.45) is 4.99 Å². The zero-order valence-electron chi connectivity index (χ0n) is 15.9. The van der Waals surface area contributed by atoms with Crippen LogP contribution in [-0.4, -0.2) is 50.5 Å². The average Bonchev–Trinajstić information content (AvgIpc) is 2.83. The molecule has 1 aliphatic rings. The third-order valence-electron chi connectivity index (χ3n) is 4.67. The lowest BCUT2D eigenvalue weighted by molar-refractivity contribution is -0.140. The summed E-state index contributed by atoms with van der Waals surface area (Å²) in [6, 6.07) is 13.9. The van der Waals surface area contributed by atoms with Crippen LogP contribution in [0.4, 0.5) is 5.69 Å². The number of halogens is 1. The molecule has 1 aliphatic heterocycles. The maximum Gasteiger partial charge on any atom is 0.325 e. The lowest BCUT2D eigenvalue weighted by Crippen LogP contribution is -2.45. The van der Waals surface area contributed by atoms with E-state index in [0.717, 1.165) is 5.56 Å². The van der Waals surface area contributed by atoms with E-state index in [-0.39, 0.29) is 12.5 Å². The molecule has 6 nitrogen and oxygen atoms in total. The summed E-state index contributed by atoms with van der Waals surface area (Å²) in [5.74, 6) is -0.865. The molecule has 0 bridgehead atoms. The molecule has 0 radical (unpaired) electrons. The summed E-state index contributed by atoms with van der Waals surface area (Å²) in [4.78, 5) is 31.5. The molecule has 0 saturated carbocycles. The van der Waals surface area contributed by atoms with Crippen LogP contribution >= 0.6 is 11.6 Å². The van der Waals surface area contributed by atoms with Gasteiger partial charge in [-0.1, -0.05) is 41.9 Å². The Balaban J connectivity index is 2.25. The van der Waals surface area contributed by atoms with Gasteiger partial charge in [0.05, 0.1) is 24.6 Å². The average molecular weight is 401 g/mol. The number of nitrogens with zero attached hydrogens (tertiary/aromatic N) is 2. The molecule has 3 rings (SSSR count). The van der Waals surface area contributed by atoms with Gasteiger partial charge in [-0.25, -0.2) is 0 Å². The second-order valence-electron chi connectivity index (χ2n) is 6.39. The molecule has 0 saturated heterocycles. The highest BCUT2D eigenvalue weighted by molar-refractivity contribution is 6.32. The number of methoxy groups -OCH3 is 2. The SMILES string of the molecule is COC(=O)CN1C(=O)[C@H](C(C)OC)N=C(c2ccccc2)c2cc(Cl)ccc21. The summed E-state index contributed by atoms with van der Waals surface area (Å²) in [6.45, 7) is 1.54. The van der Waals surface area contributed by atoms with E-state index in [0.29, 0.717) is 22.0 Å². The largest absolute Gasteiger partial charge is 0.468 e. The van der Waals surface area contributed by atoms with E-state index in [4.69, 9.17) is 26.1 Å². The van der Waals surface area contributed by atoms with Gasteiger partial charge in [-0.3, -0.25) is 19.5 Å². The molecule has 7 heteroatoms. The van der Waals surface area contributed by atoms with Crippen molar-refractivity contribution < 1.29 is 19.1 Å². The number of amides is 1. The molecule has 0 spiro atoms. The quantitative estimate of drug-likeness (QED) is 0.723. The molecule has 2 atom stereocenters. The first-order valence-corrected chi connectivity index (χ1v) is 9.18. The van der Waals surface area contributed by atoms with Gasteiger partial charge in [0.25, 0.3) is 5.91 Å². The summed E-state index contributed by atoms with van der Waals surface area (Å²) < 4.78 is 10.2. The fourth-order valence-electron chi connectivity index (χ4n) is 3.09. The van der Waals surface area contributed by atoms with E-state index in [1.807, 2.05) is 30.3 Å². The smallest absolute Gasteiger partial charge is 0.325 e. The molecule has 2 aromatic carbocycles. The molecule has 0 aliphatic carbocycles. The Morgan fingerprint density at radius 1 is 1.21 bits per heavy atom. The maximum atomic E-state index is 13.3. The third-order valence-corrected chi connectivity index (χ3v) is 4.91. The first-order valence-electron chi connectivity index (χ1n) is 8.80. The molecular weight excluding hydrogens is 380 g/mol. The Labute approximate surface area is 168 Å². The lowest BCUT2D eigenvalue weighted by Gasteiger charge is -2.26. The predicted molar refractivity (Wildman–Crippen MR) is 108 cm³/mol. The van der Waals surface area contributed by atoms with Gasteiger partial charge in [-0.15, -0.1) is 0 Å². The molecule has 1 unspecified atom stereocenters. The Morgan fingerprint density at radius 2 is 1.93 bits per heavy atom. The number of esters is 1. The van der Waals surface area contributed by atoms with Crippen molar-refractivity contribution in [1.82, 2.24) is 0 Å². The van der Waals surface area contributed by atoms with Crippen LogP contribution in [0.15, 0.2) is 53.5 Å². The van der Waals surface area contributed by atoms with Crippen LogP contribution < -0.4 is 4.90 Å². The monoisotopic (exact) mass is 400 g/mol. The van der Waals surface area contributed by atoms with E-state index in [1.165, 1.54) is 19.1 Å². The van der Waals surface area contributed by atoms with Crippen molar-refractivity contribution in [3.05, 3.63) is 64.7 Å². The van der Waals surface area contributed by atoms with Crippen LogP contribution in [0.3, 0.4) is 0 Å². The summed E-state index contributed by atoms with van der Waals surface area (Å²) in [6.07, 6.45) is -0.490. The second kappa shape index (κ2) is 8.54. The van der Waals surface area contributed by atoms with Gasteiger partial charge >= 0.3 is 5.97 Å². The summed E-state index contributed by atoms with van der Waals surface area (Å²) in [5.41, 5.74) is 2.68. The minimum atomic E-state index is -0.823. The zero-order chi connectivity index (χ0) is 20.3. The number of aliphatic imine (C=N–C) groups is 1. The van der Waals surface area contributed by atoms with E-state index in [1.54, 1.807) is 25.1 Å². The van der Waals surface area contributed by atoms with Gasteiger partial charge in [0.15, 0.2) is 6.04 Å². The van der Waals surface area contributed by atoms with Crippen molar-refractivity contribution in [2.45, 2.75) is 19.1 Å². The number of anilines is 1. The van der Waals surface area contributed by atoms with E-state index < -0.39 is 18.1 Å². The van der Waals surface area contributed by atoms with Crippen LogP contribution in [0, 0.1) is 0 Å². The minimum absolute atomic E-state index is 0.228. The minimum Gasteiger partial charge on any atom is -0.468 e. The molecule has 2 aromatic rings. The number of benzene rings is 2. The number of hydrogen-bond donors (Lipinski definition) is 0. The van der Waals surface area contributed by atoms with Crippen molar-refractivity contribution in [2.75, 3.05) is 25.7 Å². The number of ether oxygens (including phenoxy) is 2. The van der Waals surface area contributed by atoms with Gasteiger partial charge in [-0.05, 0) is 25.1 Å². The molecule has 0 aromatic heterocycles. The van der Waals surface area contributed by atoms with Crippen LogP contribution in [0.5, 0.6) is 0 Å². The fraction of sp³-hybridized carbons (Fsp3) is 0.286. The topological polar surface area (TPSA) is 68.2 Å². The van der Waals surface area contributed by atoms with E-state index >= 15 is 0 Å². The second-order valence-corrected chi connectivity index (χ2v) is 6.83. The summed E-state index contributed by atoms with van der Waals surface area (Å²) in [5, 5.41) is 0.506. The number of carbonyl (C=O) groups excluding carboxylic acids is 2. The van der Waals surface area contributed by atoms with Gasteiger partial charge in [0, 0.05) is 23.3 Å². The Hall–Kier alpha value is -2.70. The van der Waals surface area contributed by atoms with Crippen LogP contribution in [-0.2, 0) is 19.1 Å². The number of fused-ring (bicyclic) bond motifs is 1. The Bertz CT molecular complexity index is 914. The van der Waals surface area contributed by atoms with Gasteiger partial charge in [0.2, 0.25) is 0 Å². The molecule has 0 N–H and O–H groups in total. The fourth-order valence-corrected chi connectivity index (χ4v) is 3.27. The summed E-state index contributed by atoms with van der Waals surface area (Å²) >= 11 is 6.25. The number of carbonyl (C=O) groups is 2. The molecule has 1 heterocycles. The standard InChI is InChI=1S/C21H21ClN2O4/c1-13(27-2)19-21(26)24(12-18(25)28-3)17-10-9-15(22)11-16(17)20(23-19)14-7-5-4-6-8-14/h4-11,13,19H,12H2,1-3H3/t13?,19-/m0/s1. The molecule has 0 fully saturated rings. The van der Waals surface area contributed by atoms with Crippen molar-refractivity contribution in [3.8, 4) is 0 Å². The Morgan fingerprint density at radius 3 is 2.57 bits per heavy atom.